The summed E-state index contributed by atoms with van der Waals surface area (Å²) < 4.78 is 78.6. The van der Waals surface area contributed by atoms with Crippen molar-refractivity contribution >= 4 is 44.6 Å². The number of nitrogens with zero attached hydrogens (tertiary/aromatic N) is 1. The van der Waals surface area contributed by atoms with Crippen molar-refractivity contribution in [3.63, 3.8) is 0 Å². The number of carbonyl (C=O) groups is 1. The normalized spacial score (nSPS) is 12.4. The molecule has 0 heterocycles. The van der Waals surface area contributed by atoms with Gasteiger partial charge in [0.1, 0.15) is 5.82 Å². The summed E-state index contributed by atoms with van der Waals surface area (Å²) in [5.74, 6) is -1.88. The molecule has 1 amide bonds. The van der Waals surface area contributed by atoms with Gasteiger partial charge in [-0.3, -0.25) is 9.79 Å². The Morgan fingerprint density at radius 2 is 1.66 bits per heavy atom. The smallest absolute Gasteiger partial charge is 0.353 e. The summed E-state index contributed by atoms with van der Waals surface area (Å²) in [6, 6.07) is 12.3. The number of hydrogen-bond acceptors (Lipinski definition) is 5. The lowest BCUT2D eigenvalue weighted by atomic mass is 9.98. The third-order valence-electron chi connectivity index (χ3n) is 4.70. The van der Waals surface area contributed by atoms with Crippen molar-refractivity contribution in [2.45, 2.75) is 6.18 Å². The van der Waals surface area contributed by atoms with E-state index in [1.807, 2.05) is 0 Å². The van der Waals surface area contributed by atoms with E-state index < -0.39 is 33.5 Å². The molecule has 2 N–H and O–H groups in total. The molecule has 0 spiro atoms. The van der Waals surface area contributed by atoms with Crippen molar-refractivity contribution in [3.05, 3.63) is 93.8 Å². The average Bonchev–Trinajstić information content (AvgIpc) is 2.75. The van der Waals surface area contributed by atoms with Gasteiger partial charge in [-0.1, -0.05) is 23.7 Å². The quantitative estimate of drug-likeness (QED) is 0.332. The zero-order chi connectivity index (χ0) is 26.0. The number of rotatable bonds is 6. The second kappa shape index (κ2) is 10.0. The average molecular weight is 528 g/mol. The molecule has 0 saturated heterocycles. The number of sulfonamides is 1. The maximum Gasteiger partial charge on any atom is 0.416 e. The van der Waals surface area contributed by atoms with Gasteiger partial charge < -0.3 is 5.32 Å². The summed E-state index contributed by atoms with van der Waals surface area (Å²) in [7, 11) is -2.44. The third-order valence-corrected chi connectivity index (χ3v) is 5.49. The van der Waals surface area contributed by atoms with Crippen LogP contribution in [0.2, 0.25) is 5.02 Å². The lowest BCUT2D eigenvalue weighted by Gasteiger charge is -2.16. The maximum atomic E-state index is 14.8. The molecule has 6 nitrogen and oxygen atoms in total. The Morgan fingerprint density at radius 3 is 2.26 bits per heavy atom. The first-order chi connectivity index (χ1) is 16.3. The minimum Gasteiger partial charge on any atom is -0.353 e. The molecule has 0 aliphatic carbocycles. The molecular weight excluding hydrogens is 510 g/mol. The molecule has 3 aromatic carbocycles. The highest BCUT2D eigenvalue weighted by Gasteiger charge is 2.31. The number of carbonyl (C=O) groups excluding carboxylic acids is 1. The van der Waals surface area contributed by atoms with E-state index in [4.69, 9.17) is 11.6 Å². The summed E-state index contributed by atoms with van der Waals surface area (Å²) in [4.78, 5) is 16.1. The monoisotopic (exact) mass is 527 g/mol. The lowest BCUT2D eigenvalue weighted by molar-refractivity contribution is -0.137. The van der Waals surface area contributed by atoms with Gasteiger partial charge in [0.25, 0.3) is 5.91 Å². The Balaban J connectivity index is 2.00. The van der Waals surface area contributed by atoms with Crippen molar-refractivity contribution in [2.75, 3.05) is 18.6 Å². The van der Waals surface area contributed by atoms with E-state index >= 15 is 0 Å². The summed E-state index contributed by atoms with van der Waals surface area (Å²) in [6.07, 6.45) is -3.77. The molecule has 0 bridgehead atoms. The van der Waals surface area contributed by atoms with Crippen molar-refractivity contribution in [1.82, 2.24) is 4.72 Å². The van der Waals surface area contributed by atoms with Gasteiger partial charge in [-0.15, -0.1) is 0 Å². The lowest BCUT2D eigenvalue weighted by Crippen LogP contribution is -2.29. The molecular formula is C23H18ClF4N3O3S. The highest BCUT2D eigenvalue weighted by atomic mass is 35.5. The van der Waals surface area contributed by atoms with E-state index in [0.29, 0.717) is 5.56 Å². The number of aliphatic imine (C=N–C) groups is 1. The number of hydrogen-bond donors (Lipinski definition) is 2. The zero-order valence-electron chi connectivity index (χ0n) is 18.2. The number of benzene rings is 3. The number of nitrogens with one attached hydrogen (secondary N) is 2. The Kier molecular flexibility index (Phi) is 7.51. The van der Waals surface area contributed by atoms with E-state index in [0.717, 1.165) is 24.5 Å². The highest BCUT2D eigenvalue weighted by Crippen LogP contribution is 2.32. The van der Waals surface area contributed by atoms with Crippen LogP contribution in [0.15, 0.2) is 65.7 Å². The first kappa shape index (κ1) is 26.2. The molecule has 0 aliphatic heterocycles. The zero-order valence-corrected chi connectivity index (χ0v) is 19.8. The third kappa shape index (κ3) is 6.58. The van der Waals surface area contributed by atoms with E-state index in [-0.39, 0.29) is 33.2 Å². The van der Waals surface area contributed by atoms with Crippen molar-refractivity contribution in [3.8, 4) is 0 Å². The van der Waals surface area contributed by atoms with E-state index in [1.54, 1.807) is 4.72 Å². The van der Waals surface area contributed by atoms with Crippen LogP contribution in [0.4, 0.5) is 28.9 Å². The van der Waals surface area contributed by atoms with Crippen LogP contribution in [0, 0.1) is 5.82 Å². The molecule has 0 atom stereocenters. The number of anilines is 2. The van der Waals surface area contributed by atoms with Gasteiger partial charge in [-0.05, 0) is 48.5 Å². The van der Waals surface area contributed by atoms with Crippen molar-refractivity contribution in [1.29, 1.82) is 0 Å². The number of alkyl halides is 3. The summed E-state index contributed by atoms with van der Waals surface area (Å²) in [6.45, 7) is 0. The van der Waals surface area contributed by atoms with E-state index in [9.17, 15) is 30.8 Å². The molecule has 35 heavy (non-hydrogen) atoms. The molecule has 0 saturated carbocycles. The Hall–Kier alpha value is -3.44. The SMILES string of the molecule is CN=C(c1cccc(C(F)(F)F)c1)c1cc(Cl)ccc1Nc1ccc(C(=O)NS(C)(=O)=O)cc1F. The summed E-state index contributed by atoms with van der Waals surface area (Å²) >= 11 is 6.12. The van der Waals surface area contributed by atoms with Gasteiger partial charge in [-0.25, -0.2) is 17.5 Å². The fourth-order valence-corrected chi connectivity index (χ4v) is 3.83. The topological polar surface area (TPSA) is 87.6 Å². The predicted molar refractivity (Wildman–Crippen MR) is 126 cm³/mol. The van der Waals surface area contributed by atoms with Crippen LogP contribution < -0.4 is 10.0 Å². The first-order valence-electron chi connectivity index (χ1n) is 9.81. The fraction of sp³-hybridized carbons (Fsp3) is 0.130. The molecule has 12 heteroatoms. The summed E-state index contributed by atoms with van der Waals surface area (Å²) in [5.41, 5.74) is -0.246. The summed E-state index contributed by atoms with van der Waals surface area (Å²) in [5, 5.41) is 3.10. The minimum atomic E-state index is -4.56. The van der Waals surface area contributed by atoms with Crippen molar-refractivity contribution in [2.24, 2.45) is 4.99 Å². The standard InChI is InChI=1S/C23H18ClF4N3O3S/c1-29-21(13-4-3-5-15(10-13)23(26,27)28)17-12-16(24)7-9-19(17)30-20-8-6-14(11-18(20)25)22(32)31-35(2,33)34/h3-12,30H,1-2H3,(H,31,32). The number of amides is 1. The van der Waals surface area contributed by atoms with Gasteiger partial charge in [0.15, 0.2) is 0 Å². The van der Waals surface area contributed by atoms with Crippen LogP contribution in [-0.4, -0.2) is 33.3 Å². The molecule has 0 fully saturated rings. The molecule has 0 unspecified atom stereocenters. The predicted octanol–water partition coefficient (Wildman–Crippen LogP) is 5.40. The highest BCUT2D eigenvalue weighted by molar-refractivity contribution is 7.89. The van der Waals surface area contributed by atoms with Crippen LogP contribution >= 0.6 is 11.6 Å². The maximum absolute atomic E-state index is 14.8. The van der Waals surface area contributed by atoms with Gasteiger partial charge in [0.05, 0.1) is 23.2 Å². The largest absolute Gasteiger partial charge is 0.416 e. The van der Waals surface area contributed by atoms with E-state index in [2.05, 4.69) is 10.3 Å². The Bertz CT molecular complexity index is 1420. The Labute approximate surface area is 203 Å². The number of halogens is 5. The first-order valence-corrected chi connectivity index (χ1v) is 12.1. The molecule has 3 aromatic rings. The van der Waals surface area contributed by atoms with Gasteiger partial charge in [0.2, 0.25) is 10.0 Å². The van der Waals surface area contributed by atoms with E-state index in [1.165, 1.54) is 49.5 Å². The fourth-order valence-electron chi connectivity index (χ4n) is 3.20. The molecule has 0 radical (unpaired) electrons. The minimum absolute atomic E-state index is 0.0797. The van der Waals surface area contributed by atoms with Crippen LogP contribution in [0.3, 0.4) is 0 Å². The van der Waals surface area contributed by atoms with Gasteiger partial charge in [0, 0.05) is 34.4 Å². The van der Waals surface area contributed by atoms with Gasteiger partial charge in [-0.2, -0.15) is 13.2 Å². The molecule has 3 rings (SSSR count). The second-order valence-electron chi connectivity index (χ2n) is 7.36. The molecule has 184 valence electrons. The molecule has 0 aromatic heterocycles. The van der Waals surface area contributed by atoms with Crippen LogP contribution in [0.1, 0.15) is 27.0 Å². The Morgan fingerprint density at radius 1 is 0.971 bits per heavy atom. The van der Waals surface area contributed by atoms with Crippen molar-refractivity contribution < 1.29 is 30.8 Å². The second-order valence-corrected chi connectivity index (χ2v) is 9.55. The molecule has 0 aliphatic rings. The van der Waals surface area contributed by atoms with Crippen LogP contribution in [-0.2, 0) is 16.2 Å². The van der Waals surface area contributed by atoms with Crippen LogP contribution in [0.5, 0.6) is 0 Å². The van der Waals surface area contributed by atoms with Crippen LogP contribution in [0.25, 0.3) is 0 Å². The van der Waals surface area contributed by atoms with Gasteiger partial charge >= 0.3 is 6.18 Å².